The number of esters is 1. The van der Waals surface area contributed by atoms with Gasteiger partial charge in [0.1, 0.15) is 11.4 Å². The molecule has 1 N–H and O–H groups in total. The van der Waals surface area contributed by atoms with Crippen molar-refractivity contribution < 1.29 is 9.53 Å². The predicted molar refractivity (Wildman–Crippen MR) is 76.6 cm³/mol. The van der Waals surface area contributed by atoms with Gasteiger partial charge in [0.25, 0.3) is 0 Å². The molecule has 0 spiro atoms. The van der Waals surface area contributed by atoms with E-state index in [0.29, 0.717) is 18.4 Å². The van der Waals surface area contributed by atoms with Gasteiger partial charge in [-0.25, -0.2) is 4.98 Å². The molecule has 0 aliphatic heterocycles. The largest absolute Gasteiger partial charge is 0.465 e. The monoisotopic (exact) mass is 301 g/mol. The van der Waals surface area contributed by atoms with Gasteiger partial charge in [-0.1, -0.05) is 11.8 Å². The highest BCUT2D eigenvalue weighted by atomic mass is 32.2. The van der Waals surface area contributed by atoms with Crippen molar-refractivity contribution in [3.8, 4) is 0 Å². The first-order valence-electron chi connectivity index (χ1n) is 6.41. The molecule has 1 saturated carbocycles. The fourth-order valence-corrected chi connectivity index (χ4v) is 3.40. The molecule has 5 nitrogen and oxygen atoms in total. The molecule has 106 valence electrons. The van der Waals surface area contributed by atoms with Gasteiger partial charge in [-0.3, -0.25) is 10.1 Å². The number of aryl methyl sites for hydroxylation is 1. The zero-order chi connectivity index (χ0) is 13.9. The van der Waals surface area contributed by atoms with Gasteiger partial charge >= 0.3 is 5.97 Å². The van der Waals surface area contributed by atoms with Crippen LogP contribution in [0.15, 0.2) is 4.34 Å². The highest BCUT2D eigenvalue weighted by Gasteiger charge is 2.39. The first-order valence-corrected chi connectivity index (χ1v) is 8.17. The molecule has 0 amide bonds. The van der Waals surface area contributed by atoms with Gasteiger partial charge in [-0.05, 0) is 45.1 Å². The van der Waals surface area contributed by atoms with E-state index in [1.165, 1.54) is 11.5 Å². The summed E-state index contributed by atoms with van der Waals surface area (Å²) in [6, 6.07) is 0.450. The van der Waals surface area contributed by atoms with Crippen molar-refractivity contribution in [3.05, 3.63) is 5.82 Å². The predicted octanol–water partition coefficient (Wildman–Crippen LogP) is 2.01. The van der Waals surface area contributed by atoms with Crippen LogP contribution >= 0.6 is 23.3 Å². The maximum atomic E-state index is 12.1. The summed E-state index contributed by atoms with van der Waals surface area (Å²) in [6.07, 6.45) is 2.27. The van der Waals surface area contributed by atoms with Crippen LogP contribution < -0.4 is 5.32 Å². The Bertz CT molecular complexity index is 448. The Hall–Kier alpha value is -0.660. The van der Waals surface area contributed by atoms with E-state index < -0.39 is 5.54 Å². The number of rotatable bonds is 7. The van der Waals surface area contributed by atoms with Crippen LogP contribution in [0.1, 0.15) is 32.5 Å². The summed E-state index contributed by atoms with van der Waals surface area (Å²) in [7, 11) is 0. The van der Waals surface area contributed by atoms with Crippen LogP contribution in [-0.2, 0) is 9.53 Å². The quantitative estimate of drug-likeness (QED) is 0.614. The highest BCUT2D eigenvalue weighted by Crippen LogP contribution is 2.29. The third-order valence-electron chi connectivity index (χ3n) is 2.82. The summed E-state index contributed by atoms with van der Waals surface area (Å²) in [5, 5.41) is 3.39. The number of aromatic nitrogens is 2. The van der Waals surface area contributed by atoms with Crippen LogP contribution in [0.3, 0.4) is 0 Å². The number of thioether (sulfide) groups is 1. The lowest BCUT2D eigenvalue weighted by Crippen LogP contribution is -2.53. The Balaban J connectivity index is 1.97. The van der Waals surface area contributed by atoms with Crippen LogP contribution in [0, 0.1) is 6.92 Å². The Morgan fingerprint density at radius 2 is 2.37 bits per heavy atom. The Kier molecular flexibility index (Phi) is 4.81. The van der Waals surface area contributed by atoms with Crippen LogP contribution in [0.4, 0.5) is 0 Å². The summed E-state index contributed by atoms with van der Waals surface area (Å²) >= 11 is 2.93. The van der Waals surface area contributed by atoms with Gasteiger partial charge in [0.2, 0.25) is 0 Å². The summed E-state index contributed by atoms with van der Waals surface area (Å²) < 4.78 is 10.2. The van der Waals surface area contributed by atoms with Crippen molar-refractivity contribution in [1.82, 2.24) is 14.7 Å². The average molecular weight is 301 g/mol. The lowest BCUT2D eigenvalue weighted by atomic mass is 10.1. The molecule has 0 saturated heterocycles. The number of carbonyl (C=O) groups excluding carboxylic acids is 1. The van der Waals surface area contributed by atoms with E-state index >= 15 is 0 Å². The zero-order valence-electron chi connectivity index (χ0n) is 11.4. The standard InChI is InChI=1S/C12H19N3O2S2/c1-4-17-10(16)12(3,14-9-5-6-9)7-18-11-13-8(2)15-19-11/h9,14H,4-7H2,1-3H3. The molecule has 2 rings (SSSR count). The number of hydrogen-bond donors (Lipinski definition) is 1. The van der Waals surface area contributed by atoms with Gasteiger partial charge in [-0.15, -0.1) is 0 Å². The molecular weight excluding hydrogens is 282 g/mol. The van der Waals surface area contributed by atoms with Crippen molar-refractivity contribution in [2.24, 2.45) is 0 Å². The minimum absolute atomic E-state index is 0.185. The molecule has 7 heteroatoms. The zero-order valence-corrected chi connectivity index (χ0v) is 13.1. The second-order valence-electron chi connectivity index (χ2n) is 4.87. The summed E-state index contributed by atoms with van der Waals surface area (Å²) in [6.45, 7) is 6.01. The maximum absolute atomic E-state index is 12.1. The molecule has 0 bridgehead atoms. The molecule has 1 atom stereocenters. The van der Waals surface area contributed by atoms with Gasteiger partial charge < -0.3 is 4.74 Å². The molecule has 1 aromatic heterocycles. The van der Waals surface area contributed by atoms with Crippen molar-refractivity contribution in [2.75, 3.05) is 12.4 Å². The van der Waals surface area contributed by atoms with E-state index in [1.807, 2.05) is 20.8 Å². The molecule has 1 unspecified atom stereocenters. The van der Waals surface area contributed by atoms with Crippen molar-refractivity contribution >= 4 is 29.3 Å². The van der Waals surface area contributed by atoms with Crippen LogP contribution in [0.25, 0.3) is 0 Å². The van der Waals surface area contributed by atoms with E-state index in [-0.39, 0.29) is 5.97 Å². The Morgan fingerprint density at radius 3 is 2.89 bits per heavy atom. The topological polar surface area (TPSA) is 64.1 Å². The molecule has 0 radical (unpaired) electrons. The normalized spacial score (nSPS) is 18.1. The van der Waals surface area contributed by atoms with Crippen LogP contribution in [-0.4, -0.2) is 39.3 Å². The first kappa shape index (κ1) is 14.7. The number of hydrogen-bond acceptors (Lipinski definition) is 7. The molecule has 1 aromatic rings. The number of nitrogens with one attached hydrogen (secondary N) is 1. The Labute approximate surface area is 121 Å². The first-order chi connectivity index (χ1) is 9.03. The van der Waals surface area contributed by atoms with E-state index in [9.17, 15) is 4.79 Å². The Morgan fingerprint density at radius 1 is 1.63 bits per heavy atom. The van der Waals surface area contributed by atoms with Crippen molar-refractivity contribution in [1.29, 1.82) is 0 Å². The maximum Gasteiger partial charge on any atom is 0.326 e. The fraction of sp³-hybridized carbons (Fsp3) is 0.750. The van der Waals surface area contributed by atoms with Crippen molar-refractivity contribution in [2.45, 2.75) is 49.5 Å². The summed E-state index contributed by atoms with van der Waals surface area (Å²) in [5.41, 5.74) is -0.651. The van der Waals surface area contributed by atoms with E-state index in [2.05, 4.69) is 14.7 Å². The van der Waals surface area contributed by atoms with Gasteiger partial charge in [-0.2, -0.15) is 4.37 Å². The summed E-state index contributed by atoms with van der Waals surface area (Å²) in [4.78, 5) is 16.4. The second-order valence-corrected chi connectivity index (χ2v) is 6.84. The van der Waals surface area contributed by atoms with Gasteiger partial charge in [0.15, 0.2) is 4.34 Å². The summed E-state index contributed by atoms with van der Waals surface area (Å²) in [5.74, 6) is 1.20. The highest BCUT2D eigenvalue weighted by molar-refractivity contribution is 8.01. The van der Waals surface area contributed by atoms with Crippen molar-refractivity contribution in [3.63, 3.8) is 0 Å². The minimum Gasteiger partial charge on any atom is -0.465 e. The van der Waals surface area contributed by atoms with E-state index in [1.54, 1.807) is 11.8 Å². The third kappa shape index (κ3) is 4.15. The number of nitrogens with zero attached hydrogens (tertiary/aromatic N) is 2. The molecule has 1 aliphatic rings. The van der Waals surface area contributed by atoms with Gasteiger partial charge in [0.05, 0.1) is 6.61 Å². The average Bonchev–Trinajstić information content (AvgIpc) is 3.07. The van der Waals surface area contributed by atoms with Gasteiger partial charge in [0, 0.05) is 11.8 Å². The molecule has 1 aliphatic carbocycles. The van der Waals surface area contributed by atoms with E-state index in [0.717, 1.165) is 23.0 Å². The van der Waals surface area contributed by atoms with Crippen LogP contribution in [0.2, 0.25) is 0 Å². The smallest absolute Gasteiger partial charge is 0.326 e. The molecule has 1 heterocycles. The lowest BCUT2D eigenvalue weighted by molar-refractivity contribution is -0.149. The molecule has 19 heavy (non-hydrogen) atoms. The molecule has 1 fully saturated rings. The van der Waals surface area contributed by atoms with Crippen LogP contribution in [0.5, 0.6) is 0 Å². The number of carbonyl (C=O) groups is 1. The number of ether oxygens (including phenoxy) is 1. The minimum atomic E-state index is -0.651. The molecule has 0 aromatic carbocycles. The lowest BCUT2D eigenvalue weighted by Gasteiger charge is -2.27. The van der Waals surface area contributed by atoms with E-state index in [4.69, 9.17) is 4.74 Å². The molecular formula is C12H19N3O2S2. The fourth-order valence-electron chi connectivity index (χ4n) is 1.67. The third-order valence-corrected chi connectivity index (χ3v) is 5.06. The second kappa shape index (κ2) is 6.19. The SMILES string of the molecule is CCOC(=O)C(C)(CSc1nc(C)ns1)NC1CC1.